The molecular weight excluding hydrogens is 462 g/mol. The minimum absolute atomic E-state index is 0.0649. The molecule has 1 aliphatic rings. The fraction of sp³-hybridized carbons (Fsp3) is 0.160. The second-order valence-electron chi connectivity index (χ2n) is 7.95. The van der Waals surface area contributed by atoms with Crippen molar-refractivity contribution in [1.82, 2.24) is 20.7 Å². The van der Waals surface area contributed by atoms with Crippen LogP contribution in [0.25, 0.3) is 22.4 Å². The van der Waals surface area contributed by atoms with Crippen molar-refractivity contribution in [2.75, 3.05) is 36.5 Å². The van der Waals surface area contributed by atoms with Gasteiger partial charge >= 0.3 is 0 Å². The predicted octanol–water partition coefficient (Wildman–Crippen LogP) is 2.94. The summed E-state index contributed by atoms with van der Waals surface area (Å²) in [6.45, 7) is 1.09. The molecule has 1 amide bonds. The zero-order valence-electron chi connectivity index (χ0n) is 19.3. The number of nitrogens with one attached hydrogen (secondary N) is 3. The summed E-state index contributed by atoms with van der Waals surface area (Å²) in [6.07, 6.45) is 0. The minimum Gasteiger partial charge on any atom is -0.378 e. The molecule has 5 N–H and O–H groups in total. The summed E-state index contributed by atoms with van der Waals surface area (Å²) in [5, 5.41) is 24.8. The molecule has 0 spiro atoms. The Morgan fingerprint density at radius 2 is 1.75 bits per heavy atom. The van der Waals surface area contributed by atoms with Crippen LogP contribution in [0.3, 0.4) is 0 Å². The topological polar surface area (TPSA) is 138 Å². The Bertz CT molecular complexity index is 1390. The number of benzene rings is 3. The van der Waals surface area contributed by atoms with Gasteiger partial charge in [0.05, 0.1) is 30.8 Å². The Balaban J connectivity index is 1.11. The van der Waals surface area contributed by atoms with Crippen molar-refractivity contribution in [2.24, 2.45) is 4.99 Å². The highest BCUT2D eigenvalue weighted by Crippen LogP contribution is 2.29. The molecule has 0 bridgehead atoms. The van der Waals surface area contributed by atoms with Crippen LogP contribution in [-0.2, 0) is 4.74 Å². The Morgan fingerprint density at radius 1 is 0.972 bits per heavy atom. The smallest absolute Gasteiger partial charge is 0.253 e. The predicted molar refractivity (Wildman–Crippen MR) is 135 cm³/mol. The number of aromatic nitrogens is 2. The number of hydrogen-bond acceptors (Lipinski definition) is 7. The number of para-hydroxylation sites is 3. The monoisotopic (exact) mass is 487 g/mol. The molecule has 0 saturated heterocycles. The number of H-pyrrole nitrogens is 1. The lowest BCUT2D eigenvalue weighted by Crippen LogP contribution is -2.52. The number of aliphatic imine (C=N–C) groups is 1. The van der Waals surface area contributed by atoms with E-state index in [4.69, 9.17) is 4.74 Å². The Hall–Kier alpha value is -4.45. The van der Waals surface area contributed by atoms with Gasteiger partial charge in [-0.15, -0.1) is 0 Å². The molecule has 2 heterocycles. The van der Waals surface area contributed by atoms with E-state index in [0.29, 0.717) is 34.8 Å². The van der Waals surface area contributed by atoms with Gasteiger partial charge in [0.1, 0.15) is 22.7 Å². The van der Waals surface area contributed by atoms with Gasteiger partial charge < -0.3 is 15.0 Å². The lowest BCUT2D eigenvalue weighted by molar-refractivity contribution is 0.0921. The average molecular weight is 488 g/mol. The van der Waals surface area contributed by atoms with E-state index in [1.54, 1.807) is 30.3 Å². The largest absolute Gasteiger partial charge is 0.378 e. The summed E-state index contributed by atoms with van der Waals surface area (Å²) in [4.78, 5) is 24.9. The van der Waals surface area contributed by atoms with Gasteiger partial charge in [0.2, 0.25) is 5.96 Å². The molecule has 0 fully saturated rings. The van der Waals surface area contributed by atoms with Gasteiger partial charge in [-0.2, -0.15) is 10.2 Å². The number of aromatic amines is 1. The Kier molecular flexibility index (Phi) is 6.76. The third-order valence-corrected chi connectivity index (χ3v) is 5.58. The molecule has 0 radical (unpaired) electrons. The number of ether oxygens (including phenoxy) is 1. The minimum atomic E-state index is -0.236. The first-order chi connectivity index (χ1) is 17.6. The number of fused-ring (bicyclic) bond motifs is 2. The number of rotatable bonds is 8. The summed E-state index contributed by atoms with van der Waals surface area (Å²) in [6, 6.07) is 22.0. The van der Waals surface area contributed by atoms with E-state index in [0.717, 1.165) is 21.3 Å². The van der Waals surface area contributed by atoms with Crippen LogP contribution >= 0.6 is 0 Å². The van der Waals surface area contributed by atoms with Gasteiger partial charge in [-0.25, -0.2) is 15.4 Å². The lowest BCUT2D eigenvalue weighted by Gasteiger charge is -2.32. The molecule has 5 rings (SSSR count). The Labute approximate surface area is 206 Å². The van der Waals surface area contributed by atoms with Crippen molar-refractivity contribution in [3.8, 4) is 11.4 Å². The van der Waals surface area contributed by atoms with Crippen LogP contribution in [0, 0.1) is 0 Å². The maximum atomic E-state index is 12.8. The van der Waals surface area contributed by atoms with Gasteiger partial charge in [0, 0.05) is 12.1 Å². The van der Waals surface area contributed by atoms with E-state index < -0.39 is 0 Å². The van der Waals surface area contributed by atoms with Crippen molar-refractivity contribution >= 4 is 34.3 Å². The highest BCUT2D eigenvalue weighted by molar-refractivity contribution is 6.05. The van der Waals surface area contributed by atoms with Gasteiger partial charge in [-0.3, -0.25) is 15.2 Å². The van der Waals surface area contributed by atoms with Crippen LogP contribution in [0.2, 0.25) is 0 Å². The highest BCUT2D eigenvalue weighted by Gasteiger charge is 2.25. The van der Waals surface area contributed by atoms with Gasteiger partial charge in [0.15, 0.2) is 0 Å². The van der Waals surface area contributed by atoms with E-state index in [9.17, 15) is 15.2 Å². The van der Waals surface area contributed by atoms with Crippen LogP contribution in [0.15, 0.2) is 77.8 Å². The number of carbonyl (C=O) groups excluding carboxylic acids is 1. The molecule has 0 unspecified atom stereocenters. The molecule has 1 aliphatic heterocycles. The first kappa shape index (κ1) is 23.3. The van der Waals surface area contributed by atoms with Crippen molar-refractivity contribution in [2.45, 2.75) is 0 Å². The summed E-state index contributed by atoms with van der Waals surface area (Å²) in [7, 11) is 0. The molecule has 11 heteroatoms. The summed E-state index contributed by atoms with van der Waals surface area (Å²) in [5.74, 6) is 0.534. The van der Waals surface area contributed by atoms with E-state index in [-0.39, 0.29) is 31.6 Å². The third kappa shape index (κ3) is 4.84. The number of hydrogen-bond donors (Lipinski definition) is 5. The number of hydroxylamine groups is 1. The number of carbonyl (C=O) groups is 1. The van der Waals surface area contributed by atoms with Crippen LogP contribution in [0.1, 0.15) is 10.4 Å². The maximum Gasteiger partial charge on any atom is 0.253 e. The number of amides is 1. The Morgan fingerprint density at radius 3 is 2.58 bits per heavy atom. The van der Waals surface area contributed by atoms with Crippen LogP contribution in [-0.4, -0.2) is 58.6 Å². The molecule has 184 valence electrons. The van der Waals surface area contributed by atoms with Crippen molar-refractivity contribution in [1.29, 1.82) is 0 Å². The third-order valence-electron chi connectivity index (χ3n) is 5.58. The summed E-state index contributed by atoms with van der Waals surface area (Å²) < 4.78 is 5.54. The second kappa shape index (κ2) is 10.4. The molecule has 0 saturated carbocycles. The fourth-order valence-corrected chi connectivity index (χ4v) is 3.84. The zero-order valence-corrected chi connectivity index (χ0v) is 19.3. The zero-order chi connectivity index (χ0) is 24.9. The van der Waals surface area contributed by atoms with Gasteiger partial charge in [0.25, 0.3) is 5.91 Å². The van der Waals surface area contributed by atoms with Gasteiger partial charge in [-0.1, -0.05) is 48.5 Å². The van der Waals surface area contributed by atoms with Crippen molar-refractivity contribution in [3.05, 3.63) is 78.4 Å². The highest BCUT2D eigenvalue weighted by atomic mass is 16.6. The van der Waals surface area contributed by atoms with E-state index in [1.165, 1.54) is 0 Å². The molecule has 4 aromatic rings. The molecule has 3 aromatic carbocycles. The normalized spacial score (nSPS) is 14.1. The van der Waals surface area contributed by atoms with E-state index >= 15 is 0 Å². The molecular formula is C25H25N7O4. The first-order valence-corrected chi connectivity index (χ1v) is 11.4. The summed E-state index contributed by atoms with van der Waals surface area (Å²) >= 11 is 0. The van der Waals surface area contributed by atoms with Crippen molar-refractivity contribution in [3.63, 3.8) is 0 Å². The SMILES string of the molecule is O=C(NCCOCCN=C1NN(O)c2ccccc2N1O)c1cccc2[nH]c(-c3ccccc3)nc12. The second-order valence-corrected chi connectivity index (χ2v) is 7.95. The molecule has 1 aromatic heterocycles. The number of anilines is 2. The number of guanidine groups is 1. The molecule has 0 atom stereocenters. The summed E-state index contributed by atoms with van der Waals surface area (Å²) in [5.41, 5.74) is 6.19. The molecule has 36 heavy (non-hydrogen) atoms. The number of nitrogens with zero attached hydrogens (tertiary/aromatic N) is 4. The molecule has 11 nitrogen and oxygen atoms in total. The van der Waals surface area contributed by atoms with E-state index in [1.807, 2.05) is 42.5 Å². The quantitative estimate of drug-likeness (QED) is 0.239. The van der Waals surface area contributed by atoms with Crippen LogP contribution < -0.4 is 21.0 Å². The number of hydrazine groups is 1. The van der Waals surface area contributed by atoms with E-state index in [2.05, 4.69) is 25.7 Å². The first-order valence-electron chi connectivity index (χ1n) is 11.4. The molecule has 0 aliphatic carbocycles. The van der Waals surface area contributed by atoms with Crippen LogP contribution in [0.5, 0.6) is 0 Å². The van der Waals surface area contributed by atoms with Crippen molar-refractivity contribution < 1.29 is 19.9 Å². The fourth-order valence-electron chi connectivity index (χ4n) is 3.84. The standard InChI is InChI=1S/C25H25N7O4/c33-24(18-9-6-10-19-22(18)29-23(28-19)17-7-2-1-3-8-17)26-13-15-36-16-14-27-25-30-32(35)21-12-5-4-11-20(21)31(25)34/h1-12,34-35H,13-16H2,(H,26,33)(H,27,30)(H,28,29). The lowest BCUT2D eigenvalue weighted by atomic mass is 10.1. The number of imidazole rings is 1. The van der Waals surface area contributed by atoms with Crippen LogP contribution in [0.4, 0.5) is 11.4 Å². The average Bonchev–Trinajstić information content (AvgIpc) is 3.36. The van der Waals surface area contributed by atoms with Gasteiger partial charge in [-0.05, 0) is 24.3 Å². The maximum absolute atomic E-state index is 12.8.